The van der Waals surface area contributed by atoms with Crippen LogP contribution in [0.1, 0.15) is 23.7 Å². The van der Waals surface area contributed by atoms with Gasteiger partial charge in [-0.3, -0.25) is 0 Å². The van der Waals surface area contributed by atoms with Gasteiger partial charge in [0.2, 0.25) is 0 Å². The molecule has 0 bridgehead atoms. The SMILES string of the molecule is Nc1ccc(C(O)CNCC2CCc3ccccc3O2)cn1. The summed E-state index contributed by atoms with van der Waals surface area (Å²) in [6.07, 6.45) is 3.18. The minimum absolute atomic E-state index is 0.145. The van der Waals surface area contributed by atoms with Crippen LogP contribution in [0.25, 0.3) is 0 Å². The van der Waals surface area contributed by atoms with Gasteiger partial charge >= 0.3 is 0 Å². The lowest BCUT2D eigenvalue weighted by molar-refractivity contribution is 0.146. The fourth-order valence-corrected chi connectivity index (χ4v) is 2.64. The predicted molar refractivity (Wildman–Crippen MR) is 85.7 cm³/mol. The number of fused-ring (bicyclic) bond motifs is 1. The monoisotopic (exact) mass is 299 g/mol. The number of aliphatic hydroxyl groups is 1. The van der Waals surface area contributed by atoms with E-state index in [0.717, 1.165) is 24.2 Å². The second kappa shape index (κ2) is 6.77. The van der Waals surface area contributed by atoms with E-state index in [1.54, 1.807) is 18.3 Å². The standard InChI is InChI=1S/C17H21N3O2/c18-17-8-6-13(9-20-17)15(21)11-19-10-14-7-5-12-3-1-2-4-16(12)22-14/h1-4,6,8-9,14-15,19,21H,5,7,10-11H2,(H2,18,20). The van der Waals surface area contributed by atoms with Crippen LogP contribution in [-0.4, -0.2) is 29.3 Å². The van der Waals surface area contributed by atoms with E-state index in [2.05, 4.69) is 16.4 Å². The van der Waals surface area contributed by atoms with E-state index in [4.69, 9.17) is 10.5 Å². The molecule has 0 saturated carbocycles. The number of aliphatic hydroxyl groups excluding tert-OH is 1. The first kappa shape index (κ1) is 14.8. The van der Waals surface area contributed by atoms with E-state index in [-0.39, 0.29) is 6.10 Å². The van der Waals surface area contributed by atoms with Gasteiger partial charge in [0.15, 0.2) is 0 Å². The zero-order valence-corrected chi connectivity index (χ0v) is 12.4. The first-order chi connectivity index (χ1) is 10.7. The molecule has 2 aromatic rings. The normalized spacial score (nSPS) is 18.3. The van der Waals surface area contributed by atoms with Crippen molar-refractivity contribution in [3.05, 3.63) is 53.7 Å². The molecule has 0 fully saturated rings. The minimum Gasteiger partial charge on any atom is -0.489 e. The molecule has 1 aromatic heterocycles. The lowest BCUT2D eigenvalue weighted by Crippen LogP contribution is -2.36. The topological polar surface area (TPSA) is 80.4 Å². The average molecular weight is 299 g/mol. The Kier molecular flexibility index (Phi) is 4.56. The third kappa shape index (κ3) is 3.55. The van der Waals surface area contributed by atoms with Crippen LogP contribution in [0.5, 0.6) is 5.75 Å². The van der Waals surface area contributed by atoms with Crippen molar-refractivity contribution in [3.8, 4) is 5.75 Å². The zero-order chi connectivity index (χ0) is 15.4. The van der Waals surface area contributed by atoms with Gasteiger partial charge in [0.1, 0.15) is 17.7 Å². The summed E-state index contributed by atoms with van der Waals surface area (Å²) in [5.41, 5.74) is 7.57. The van der Waals surface area contributed by atoms with E-state index in [1.165, 1.54) is 5.56 Å². The largest absolute Gasteiger partial charge is 0.489 e. The van der Waals surface area contributed by atoms with Crippen molar-refractivity contribution >= 4 is 5.82 Å². The van der Waals surface area contributed by atoms with Gasteiger partial charge in [0.25, 0.3) is 0 Å². The van der Waals surface area contributed by atoms with Crippen LogP contribution >= 0.6 is 0 Å². The number of rotatable bonds is 5. The molecule has 1 aliphatic rings. The molecule has 0 spiro atoms. The molecule has 0 aliphatic carbocycles. The lowest BCUT2D eigenvalue weighted by Gasteiger charge is -2.26. The number of hydrogen-bond acceptors (Lipinski definition) is 5. The zero-order valence-electron chi connectivity index (χ0n) is 12.4. The van der Waals surface area contributed by atoms with Gasteiger partial charge in [-0.1, -0.05) is 24.3 Å². The van der Waals surface area contributed by atoms with Crippen LogP contribution in [0.4, 0.5) is 5.82 Å². The quantitative estimate of drug-likeness (QED) is 0.783. The first-order valence-corrected chi connectivity index (χ1v) is 7.57. The van der Waals surface area contributed by atoms with E-state index in [1.807, 2.05) is 18.2 Å². The van der Waals surface area contributed by atoms with Crippen LogP contribution in [0.3, 0.4) is 0 Å². The lowest BCUT2D eigenvalue weighted by atomic mass is 10.0. The molecular weight excluding hydrogens is 278 g/mol. The second-order valence-electron chi connectivity index (χ2n) is 5.58. The van der Waals surface area contributed by atoms with Gasteiger partial charge in [0.05, 0.1) is 6.10 Å². The molecule has 3 rings (SSSR count). The number of aryl methyl sites for hydroxylation is 1. The first-order valence-electron chi connectivity index (χ1n) is 7.57. The van der Waals surface area contributed by atoms with Crippen molar-refractivity contribution in [2.24, 2.45) is 0 Å². The molecule has 1 aromatic carbocycles. The van der Waals surface area contributed by atoms with E-state index >= 15 is 0 Å². The van der Waals surface area contributed by atoms with Crippen molar-refractivity contribution in [3.63, 3.8) is 0 Å². The molecule has 4 N–H and O–H groups in total. The molecule has 5 heteroatoms. The van der Waals surface area contributed by atoms with Gasteiger partial charge in [-0.15, -0.1) is 0 Å². The maximum Gasteiger partial charge on any atom is 0.123 e. The number of para-hydroxylation sites is 1. The van der Waals surface area contributed by atoms with Crippen molar-refractivity contribution < 1.29 is 9.84 Å². The smallest absolute Gasteiger partial charge is 0.123 e. The summed E-state index contributed by atoms with van der Waals surface area (Å²) in [4.78, 5) is 3.99. The number of anilines is 1. The summed E-state index contributed by atoms with van der Waals surface area (Å²) in [5, 5.41) is 13.4. The van der Waals surface area contributed by atoms with Crippen LogP contribution < -0.4 is 15.8 Å². The summed E-state index contributed by atoms with van der Waals surface area (Å²) in [5.74, 6) is 1.43. The summed E-state index contributed by atoms with van der Waals surface area (Å²) < 4.78 is 5.96. The highest BCUT2D eigenvalue weighted by atomic mass is 16.5. The van der Waals surface area contributed by atoms with Crippen molar-refractivity contribution in [2.75, 3.05) is 18.8 Å². The fourth-order valence-electron chi connectivity index (χ4n) is 2.64. The predicted octanol–water partition coefficient (Wildman–Crippen LogP) is 1.68. The van der Waals surface area contributed by atoms with E-state index < -0.39 is 6.10 Å². The van der Waals surface area contributed by atoms with Crippen molar-refractivity contribution in [1.82, 2.24) is 10.3 Å². The number of nitrogens with zero attached hydrogens (tertiary/aromatic N) is 1. The Hall–Kier alpha value is -2.11. The Bertz CT molecular complexity index is 616. The number of nitrogens with two attached hydrogens (primary N) is 1. The maximum absolute atomic E-state index is 10.1. The van der Waals surface area contributed by atoms with Crippen molar-refractivity contribution in [1.29, 1.82) is 0 Å². The molecule has 0 saturated heterocycles. The van der Waals surface area contributed by atoms with Crippen LogP contribution in [0, 0.1) is 0 Å². The average Bonchev–Trinajstić information content (AvgIpc) is 2.55. The molecule has 1 aliphatic heterocycles. The van der Waals surface area contributed by atoms with E-state index in [0.29, 0.717) is 18.9 Å². The van der Waals surface area contributed by atoms with Gasteiger partial charge < -0.3 is 20.9 Å². The summed E-state index contributed by atoms with van der Waals surface area (Å²) in [7, 11) is 0. The molecule has 0 amide bonds. The molecule has 116 valence electrons. The molecule has 2 heterocycles. The number of nitrogen functional groups attached to an aromatic ring is 1. The molecule has 2 unspecified atom stereocenters. The third-order valence-electron chi connectivity index (χ3n) is 3.91. The number of aromatic nitrogens is 1. The summed E-state index contributed by atoms with van der Waals surface area (Å²) in [6, 6.07) is 11.6. The highest BCUT2D eigenvalue weighted by Gasteiger charge is 2.19. The Morgan fingerprint density at radius 1 is 1.32 bits per heavy atom. The number of hydrogen-bond donors (Lipinski definition) is 3. The minimum atomic E-state index is -0.594. The summed E-state index contributed by atoms with van der Waals surface area (Å²) >= 11 is 0. The Morgan fingerprint density at radius 3 is 3.00 bits per heavy atom. The van der Waals surface area contributed by atoms with Gasteiger partial charge in [0, 0.05) is 24.8 Å². The van der Waals surface area contributed by atoms with Gasteiger partial charge in [-0.05, 0) is 30.5 Å². The molecular formula is C17H21N3O2. The Labute approximate surface area is 130 Å². The second-order valence-corrected chi connectivity index (χ2v) is 5.58. The van der Waals surface area contributed by atoms with Gasteiger partial charge in [-0.25, -0.2) is 4.98 Å². The molecule has 2 atom stereocenters. The number of pyridine rings is 1. The molecule has 5 nitrogen and oxygen atoms in total. The van der Waals surface area contributed by atoms with Crippen LogP contribution in [0.15, 0.2) is 42.6 Å². The van der Waals surface area contributed by atoms with Gasteiger partial charge in [-0.2, -0.15) is 0 Å². The van der Waals surface area contributed by atoms with Crippen molar-refractivity contribution in [2.45, 2.75) is 25.0 Å². The Morgan fingerprint density at radius 2 is 2.18 bits per heavy atom. The highest BCUT2D eigenvalue weighted by Crippen LogP contribution is 2.26. The number of benzene rings is 1. The number of ether oxygens (including phenoxy) is 1. The van der Waals surface area contributed by atoms with Crippen LogP contribution in [0.2, 0.25) is 0 Å². The highest BCUT2D eigenvalue weighted by molar-refractivity contribution is 5.35. The molecule has 0 radical (unpaired) electrons. The van der Waals surface area contributed by atoms with E-state index in [9.17, 15) is 5.11 Å². The van der Waals surface area contributed by atoms with Crippen LogP contribution in [-0.2, 0) is 6.42 Å². The summed E-state index contributed by atoms with van der Waals surface area (Å²) in [6.45, 7) is 1.18. The maximum atomic E-state index is 10.1. The molecule has 22 heavy (non-hydrogen) atoms. The fraction of sp³-hybridized carbons (Fsp3) is 0.353. The third-order valence-corrected chi connectivity index (χ3v) is 3.91. The Balaban J connectivity index is 1.47. The number of nitrogens with one attached hydrogen (secondary N) is 1.